The molecule has 0 radical (unpaired) electrons. The molecule has 2 aromatic heterocycles. The Morgan fingerprint density at radius 2 is 1.94 bits per heavy atom. The van der Waals surface area contributed by atoms with Crippen molar-refractivity contribution in [1.29, 1.82) is 0 Å². The number of anilines is 1. The predicted octanol–water partition coefficient (Wildman–Crippen LogP) is 6.88. The van der Waals surface area contributed by atoms with Gasteiger partial charge in [-0.15, -0.1) is 22.7 Å². The van der Waals surface area contributed by atoms with E-state index >= 15 is 0 Å². The van der Waals surface area contributed by atoms with E-state index in [-0.39, 0.29) is 23.8 Å². The van der Waals surface area contributed by atoms with Crippen LogP contribution in [0.15, 0.2) is 47.0 Å². The summed E-state index contributed by atoms with van der Waals surface area (Å²) in [6.45, 7) is 14.0. The van der Waals surface area contributed by atoms with Gasteiger partial charge in [0.1, 0.15) is 5.69 Å². The van der Waals surface area contributed by atoms with Crippen LogP contribution >= 0.6 is 22.7 Å². The van der Waals surface area contributed by atoms with Gasteiger partial charge in [-0.05, 0) is 82.6 Å². The Morgan fingerprint density at radius 3 is 2.50 bits per heavy atom. The van der Waals surface area contributed by atoms with Crippen LogP contribution < -0.4 is 10.2 Å². The number of hydrogen-bond acceptors (Lipinski definition) is 6. The van der Waals surface area contributed by atoms with E-state index in [1.165, 1.54) is 22.7 Å². The molecule has 1 N–H and O–H groups in total. The zero-order chi connectivity index (χ0) is 26.4. The molecule has 1 fully saturated rings. The number of thiazole rings is 1. The van der Waals surface area contributed by atoms with Gasteiger partial charge in [0.05, 0.1) is 16.1 Å². The third-order valence-corrected chi connectivity index (χ3v) is 8.28. The van der Waals surface area contributed by atoms with Crippen LogP contribution in [0.4, 0.5) is 5.69 Å². The Kier molecular flexibility index (Phi) is 9.56. The van der Waals surface area contributed by atoms with Crippen molar-refractivity contribution in [2.45, 2.75) is 66.3 Å². The zero-order valence-corrected chi connectivity index (χ0v) is 23.3. The number of allylic oxidation sites excluding steroid dienone is 4. The third kappa shape index (κ3) is 6.48. The molecule has 3 rings (SSSR count). The number of aldehydes is 1. The van der Waals surface area contributed by atoms with E-state index in [2.05, 4.69) is 23.8 Å². The maximum atomic E-state index is 13.6. The third-order valence-electron chi connectivity index (χ3n) is 6.60. The standard InChI is InChI=1S/C28H35N3O3S2/c1-7-21(12-19(5)20(6)30-27(33)23-15-35-16-29-23)25-13-24(26(14-32)36-25)31(17(2)3)28(34)22-10-8-18(4)9-11-22/h7,12-18,22H,6,8-11H2,1-5H3,(H,30,33)/b19-12-,21-7+/t18-,22-. The van der Waals surface area contributed by atoms with Crippen molar-refractivity contribution >= 4 is 52.0 Å². The van der Waals surface area contributed by atoms with Gasteiger partial charge in [-0.1, -0.05) is 19.6 Å². The molecule has 0 aliphatic heterocycles. The molecule has 0 saturated heterocycles. The van der Waals surface area contributed by atoms with Gasteiger partial charge in [-0.25, -0.2) is 4.98 Å². The summed E-state index contributed by atoms with van der Waals surface area (Å²) in [4.78, 5) is 45.2. The second kappa shape index (κ2) is 12.4. The Morgan fingerprint density at radius 1 is 1.25 bits per heavy atom. The lowest BCUT2D eigenvalue weighted by Gasteiger charge is -2.33. The first-order chi connectivity index (χ1) is 17.2. The highest BCUT2D eigenvalue weighted by molar-refractivity contribution is 7.15. The van der Waals surface area contributed by atoms with E-state index in [0.717, 1.165) is 48.0 Å². The highest BCUT2D eigenvalue weighted by Crippen LogP contribution is 2.38. The second-order valence-electron chi connectivity index (χ2n) is 9.61. The van der Waals surface area contributed by atoms with Crippen molar-refractivity contribution in [3.05, 3.63) is 62.4 Å². The fourth-order valence-corrected chi connectivity index (χ4v) is 5.95. The number of carbonyl (C=O) groups is 3. The Labute approximate surface area is 221 Å². The summed E-state index contributed by atoms with van der Waals surface area (Å²) in [6.07, 6.45) is 8.64. The van der Waals surface area contributed by atoms with E-state index in [9.17, 15) is 14.4 Å². The van der Waals surface area contributed by atoms with Gasteiger partial charge in [-0.3, -0.25) is 14.4 Å². The lowest BCUT2D eigenvalue weighted by molar-refractivity contribution is -0.123. The summed E-state index contributed by atoms with van der Waals surface area (Å²) in [5, 5.41) is 4.47. The van der Waals surface area contributed by atoms with Gasteiger partial charge in [0, 0.05) is 27.9 Å². The molecule has 8 heteroatoms. The van der Waals surface area contributed by atoms with E-state index in [4.69, 9.17) is 0 Å². The SMILES string of the molecule is C=C(NC(=O)c1cscn1)/C(C)=C\C(=C/C)c1cc(N(C(=O)[C@H]2CC[C@H](C)CC2)C(C)C)c(C=O)s1. The van der Waals surface area contributed by atoms with E-state index in [0.29, 0.717) is 27.9 Å². The van der Waals surface area contributed by atoms with Crippen molar-refractivity contribution in [3.63, 3.8) is 0 Å². The number of aromatic nitrogens is 1. The van der Waals surface area contributed by atoms with Crippen LogP contribution in [-0.4, -0.2) is 29.1 Å². The number of nitrogens with one attached hydrogen (secondary N) is 1. The number of amides is 2. The topological polar surface area (TPSA) is 79.4 Å². The summed E-state index contributed by atoms with van der Waals surface area (Å²) < 4.78 is 0. The quantitative estimate of drug-likeness (QED) is 0.286. The van der Waals surface area contributed by atoms with Crippen molar-refractivity contribution in [1.82, 2.24) is 10.3 Å². The monoisotopic (exact) mass is 525 g/mol. The van der Waals surface area contributed by atoms with Crippen LogP contribution in [0.1, 0.15) is 85.3 Å². The normalized spacial score (nSPS) is 18.7. The Hall–Kier alpha value is -2.84. The summed E-state index contributed by atoms with van der Waals surface area (Å²) in [5.74, 6) is 0.463. The zero-order valence-electron chi connectivity index (χ0n) is 21.7. The predicted molar refractivity (Wildman–Crippen MR) is 150 cm³/mol. The maximum Gasteiger partial charge on any atom is 0.275 e. The molecule has 36 heavy (non-hydrogen) atoms. The molecule has 2 aromatic rings. The fourth-order valence-electron chi connectivity index (χ4n) is 4.41. The number of nitrogens with zero attached hydrogens (tertiary/aromatic N) is 2. The van der Waals surface area contributed by atoms with E-state index < -0.39 is 0 Å². The van der Waals surface area contributed by atoms with Crippen molar-refractivity contribution in [3.8, 4) is 0 Å². The number of thiophene rings is 1. The second-order valence-corrected chi connectivity index (χ2v) is 11.4. The minimum absolute atomic E-state index is 0.000526. The molecular weight excluding hydrogens is 490 g/mol. The molecule has 0 atom stereocenters. The van der Waals surface area contributed by atoms with Crippen molar-refractivity contribution in [2.24, 2.45) is 11.8 Å². The molecule has 0 unspecified atom stereocenters. The molecule has 1 aliphatic rings. The first-order valence-electron chi connectivity index (χ1n) is 12.3. The van der Waals surface area contributed by atoms with Gasteiger partial charge >= 0.3 is 0 Å². The number of hydrogen-bond donors (Lipinski definition) is 1. The fraction of sp³-hybridized carbons (Fsp3) is 0.429. The Balaban J connectivity index is 1.85. The van der Waals surface area contributed by atoms with Crippen LogP contribution in [0.5, 0.6) is 0 Å². The van der Waals surface area contributed by atoms with Gasteiger partial charge in [0.2, 0.25) is 5.91 Å². The van der Waals surface area contributed by atoms with Crippen LogP contribution in [0.3, 0.4) is 0 Å². The van der Waals surface area contributed by atoms with Crippen molar-refractivity contribution in [2.75, 3.05) is 4.90 Å². The van der Waals surface area contributed by atoms with Crippen LogP contribution in [0.25, 0.3) is 5.57 Å². The molecule has 0 aromatic carbocycles. The highest BCUT2D eigenvalue weighted by Gasteiger charge is 2.32. The molecule has 192 valence electrons. The van der Waals surface area contributed by atoms with Crippen molar-refractivity contribution < 1.29 is 14.4 Å². The average molecular weight is 526 g/mol. The van der Waals surface area contributed by atoms with Gasteiger partial charge in [0.15, 0.2) is 6.29 Å². The summed E-state index contributed by atoms with van der Waals surface area (Å²) in [6, 6.07) is 1.87. The van der Waals surface area contributed by atoms with E-state index in [1.54, 1.807) is 15.8 Å². The molecular formula is C28H35N3O3S2. The van der Waals surface area contributed by atoms with Crippen LogP contribution in [-0.2, 0) is 4.79 Å². The lowest BCUT2D eigenvalue weighted by Crippen LogP contribution is -2.42. The summed E-state index contributed by atoms with van der Waals surface area (Å²) >= 11 is 2.72. The molecule has 2 amide bonds. The largest absolute Gasteiger partial charge is 0.321 e. The first kappa shape index (κ1) is 27.7. The molecule has 6 nitrogen and oxygen atoms in total. The summed E-state index contributed by atoms with van der Waals surface area (Å²) in [7, 11) is 0. The molecule has 0 spiro atoms. The highest BCUT2D eigenvalue weighted by atomic mass is 32.1. The van der Waals surface area contributed by atoms with Crippen LogP contribution in [0, 0.1) is 11.8 Å². The summed E-state index contributed by atoms with van der Waals surface area (Å²) in [5.41, 5.74) is 4.78. The van der Waals surface area contributed by atoms with E-state index in [1.807, 2.05) is 45.9 Å². The lowest BCUT2D eigenvalue weighted by atomic mass is 9.82. The minimum Gasteiger partial charge on any atom is -0.321 e. The first-order valence-corrected chi connectivity index (χ1v) is 14.1. The van der Waals surface area contributed by atoms with Gasteiger partial charge in [-0.2, -0.15) is 0 Å². The number of rotatable bonds is 9. The average Bonchev–Trinajstić information content (AvgIpc) is 3.53. The molecule has 0 bridgehead atoms. The van der Waals surface area contributed by atoms with Crippen LogP contribution in [0.2, 0.25) is 0 Å². The maximum absolute atomic E-state index is 13.6. The molecule has 1 saturated carbocycles. The minimum atomic E-state index is -0.305. The Bertz CT molecular complexity index is 1170. The van der Waals surface area contributed by atoms with Gasteiger partial charge in [0.25, 0.3) is 5.91 Å². The smallest absolute Gasteiger partial charge is 0.275 e. The molecule has 2 heterocycles. The molecule has 1 aliphatic carbocycles. The van der Waals surface area contributed by atoms with Gasteiger partial charge < -0.3 is 10.2 Å². The number of carbonyl (C=O) groups excluding carboxylic acids is 3.